The number of hydrogen-bond donors (Lipinski definition) is 1. The van der Waals surface area contributed by atoms with Gasteiger partial charge < -0.3 is 9.84 Å². The average molecular weight is 137 g/mol. The number of aliphatic hydroxyl groups is 1. The van der Waals surface area contributed by atoms with Crippen molar-refractivity contribution < 1.29 is 9.84 Å². The van der Waals surface area contributed by atoms with Crippen molar-refractivity contribution in [2.45, 2.75) is 12.0 Å². The zero-order valence-corrected chi connectivity index (χ0v) is 5.32. The zero-order valence-electron chi connectivity index (χ0n) is 4.56. The number of aliphatic hydroxyl groups excluding tert-OH is 1. The summed E-state index contributed by atoms with van der Waals surface area (Å²) in [7, 11) is 0. The molecule has 1 atom stereocenters. The van der Waals surface area contributed by atoms with E-state index < -0.39 is 0 Å². The lowest BCUT2D eigenvalue weighted by atomic mass is 9.99. The van der Waals surface area contributed by atoms with E-state index in [0.717, 1.165) is 13.0 Å². The molecule has 1 aliphatic rings. The van der Waals surface area contributed by atoms with Gasteiger partial charge in [0.15, 0.2) is 0 Å². The molecular weight excluding hydrogens is 128 g/mol. The van der Waals surface area contributed by atoms with Gasteiger partial charge in [0.25, 0.3) is 0 Å². The summed E-state index contributed by atoms with van der Waals surface area (Å²) < 4.78 is 5.03. The highest BCUT2D eigenvalue weighted by Crippen LogP contribution is 2.26. The summed E-state index contributed by atoms with van der Waals surface area (Å²) in [6.07, 6.45) is 0.896. The smallest absolute Gasteiger partial charge is 0.107 e. The molecule has 0 saturated carbocycles. The van der Waals surface area contributed by atoms with Crippen molar-refractivity contribution in [3.8, 4) is 0 Å². The SMILES string of the molecule is OCC1(CCl)CCO1. The Bertz CT molecular complexity index is 67.0. The van der Waals surface area contributed by atoms with Crippen molar-refractivity contribution in [2.24, 2.45) is 0 Å². The molecule has 0 spiro atoms. The molecule has 0 aromatic carbocycles. The van der Waals surface area contributed by atoms with E-state index in [4.69, 9.17) is 21.4 Å². The Morgan fingerprint density at radius 2 is 2.38 bits per heavy atom. The predicted molar refractivity (Wildman–Crippen MR) is 31.1 cm³/mol. The molecule has 2 nitrogen and oxygen atoms in total. The van der Waals surface area contributed by atoms with Crippen molar-refractivity contribution in [3.05, 3.63) is 0 Å². The first-order valence-corrected chi connectivity index (χ1v) is 3.17. The normalized spacial score (nSPS) is 36.8. The Labute approximate surface area is 53.4 Å². The van der Waals surface area contributed by atoms with Gasteiger partial charge in [0.2, 0.25) is 0 Å². The van der Waals surface area contributed by atoms with Gasteiger partial charge in [0.1, 0.15) is 5.60 Å². The van der Waals surface area contributed by atoms with Crippen molar-refractivity contribution in [1.82, 2.24) is 0 Å². The van der Waals surface area contributed by atoms with Gasteiger partial charge in [-0.05, 0) is 0 Å². The number of hydrogen-bond acceptors (Lipinski definition) is 2. The monoisotopic (exact) mass is 136 g/mol. The topological polar surface area (TPSA) is 29.5 Å². The molecular formula is C5H9ClO2. The van der Waals surface area contributed by atoms with E-state index in [2.05, 4.69) is 0 Å². The summed E-state index contributed by atoms with van der Waals surface area (Å²) in [5.41, 5.74) is -0.373. The summed E-state index contributed by atoms with van der Waals surface area (Å²) >= 11 is 5.48. The lowest BCUT2D eigenvalue weighted by Gasteiger charge is -2.38. The molecule has 1 heterocycles. The van der Waals surface area contributed by atoms with Crippen LogP contribution in [0.4, 0.5) is 0 Å². The first-order valence-electron chi connectivity index (χ1n) is 2.64. The molecule has 0 radical (unpaired) electrons. The molecule has 0 aromatic rings. The number of alkyl halides is 1. The Balaban J connectivity index is 2.33. The second-order valence-corrected chi connectivity index (χ2v) is 2.34. The van der Waals surface area contributed by atoms with Crippen LogP contribution in [0.25, 0.3) is 0 Å². The van der Waals surface area contributed by atoms with E-state index in [0.29, 0.717) is 5.88 Å². The predicted octanol–water partition coefficient (Wildman–Crippen LogP) is 0.377. The maximum absolute atomic E-state index is 8.63. The summed E-state index contributed by atoms with van der Waals surface area (Å²) in [6, 6.07) is 0. The van der Waals surface area contributed by atoms with E-state index in [9.17, 15) is 0 Å². The van der Waals surface area contributed by atoms with Gasteiger partial charge in [-0.1, -0.05) is 0 Å². The van der Waals surface area contributed by atoms with Crippen LogP contribution in [0.15, 0.2) is 0 Å². The first-order chi connectivity index (χ1) is 3.83. The minimum atomic E-state index is -0.373. The fourth-order valence-electron chi connectivity index (χ4n) is 0.663. The van der Waals surface area contributed by atoms with Gasteiger partial charge in [-0.3, -0.25) is 0 Å². The second-order valence-electron chi connectivity index (χ2n) is 2.07. The minimum absolute atomic E-state index is 0.0521. The molecule has 1 rings (SSSR count). The highest BCUT2D eigenvalue weighted by Gasteiger charge is 2.36. The van der Waals surface area contributed by atoms with Crippen LogP contribution in [0.1, 0.15) is 6.42 Å². The van der Waals surface area contributed by atoms with Crippen LogP contribution < -0.4 is 0 Å². The molecule has 1 unspecified atom stereocenters. The van der Waals surface area contributed by atoms with Gasteiger partial charge >= 0.3 is 0 Å². The van der Waals surface area contributed by atoms with Crippen LogP contribution in [0.2, 0.25) is 0 Å². The van der Waals surface area contributed by atoms with Gasteiger partial charge in [0, 0.05) is 6.42 Å². The summed E-state index contributed by atoms with van der Waals surface area (Å²) in [5, 5.41) is 8.63. The third-order valence-electron chi connectivity index (χ3n) is 1.50. The molecule has 3 heteroatoms. The van der Waals surface area contributed by atoms with E-state index >= 15 is 0 Å². The maximum Gasteiger partial charge on any atom is 0.107 e. The van der Waals surface area contributed by atoms with Crippen molar-refractivity contribution in [3.63, 3.8) is 0 Å². The number of ether oxygens (including phenoxy) is 1. The Kier molecular flexibility index (Phi) is 1.75. The Morgan fingerprint density at radius 1 is 1.75 bits per heavy atom. The van der Waals surface area contributed by atoms with Crippen molar-refractivity contribution in [2.75, 3.05) is 19.1 Å². The van der Waals surface area contributed by atoms with E-state index in [1.807, 2.05) is 0 Å². The molecule has 8 heavy (non-hydrogen) atoms. The Hall–Kier alpha value is 0.210. The molecule has 0 aromatic heterocycles. The fraction of sp³-hybridized carbons (Fsp3) is 1.00. The van der Waals surface area contributed by atoms with Crippen LogP contribution in [-0.4, -0.2) is 29.8 Å². The van der Waals surface area contributed by atoms with Crippen molar-refractivity contribution in [1.29, 1.82) is 0 Å². The van der Waals surface area contributed by atoms with Crippen LogP contribution in [0, 0.1) is 0 Å². The van der Waals surface area contributed by atoms with E-state index in [1.165, 1.54) is 0 Å². The Morgan fingerprint density at radius 3 is 2.38 bits per heavy atom. The lowest BCUT2D eigenvalue weighted by molar-refractivity contribution is -0.154. The van der Waals surface area contributed by atoms with Crippen LogP contribution in [0.5, 0.6) is 0 Å². The first kappa shape index (κ1) is 6.33. The van der Waals surface area contributed by atoms with Crippen LogP contribution in [0.3, 0.4) is 0 Å². The number of halogens is 1. The molecule has 1 N–H and O–H groups in total. The average Bonchev–Trinajstić information content (AvgIpc) is 1.67. The molecule has 0 amide bonds. The standard InChI is InChI=1S/C5H9ClO2/c6-3-5(4-7)1-2-8-5/h7H,1-4H2. The van der Waals surface area contributed by atoms with E-state index in [-0.39, 0.29) is 12.2 Å². The molecule has 1 fully saturated rings. The van der Waals surface area contributed by atoms with Gasteiger partial charge in [0.05, 0.1) is 19.1 Å². The molecule has 48 valence electrons. The summed E-state index contributed by atoms with van der Waals surface area (Å²) in [6.45, 7) is 0.795. The fourth-order valence-corrected chi connectivity index (χ4v) is 0.958. The highest BCUT2D eigenvalue weighted by molar-refractivity contribution is 6.18. The molecule has 0 bridgehead atoms. The van der Waals surface area contributed by atoms with Crippen LogP contribution >= 0.6 is 11.6 Å². The maximum atomic E-state index is 8.63. The second kappa shape index (κ2) is 2.21. The molecule has 0 aliphatic carbocycles. The third-order valence-corrected chi connectivity index (χ3v) is 1.98. The molecule has 1 saturated heterocycles. The zero-order chi connectivity index (χ0) is 6.04. The third kappa shape index (κ3) is 0.835. The van der Waals surface area contributed by atoms with E-state index in [1.54, 1.807) is 0 Å². The summed E-state index contributed by atoms with van der Waals surface area (Å²) in [4.78, 5) is 0. The quantitative estimate of drug-likeness (QED) is 0.556. The number of rotatable bonds is 2. The largest absolute Gasteiger partial charge is 0.393 e. The molecule has 1 aliphatic heterocycles. The van der Waals surface area contributed by atoms with Crippen molar-refractivity contribution >= 4 is 11.6 Å². The van der Waals surface area contributed by atoms with Crippen LogP contribution in [-0.2, 0) is 4.74 Å². The minimum Gasteiger partial charge on any atom is -0.393 e. The van der Waals surface area contributed by atoms with Gasteiger partial charge in [-0.25, -0.2) is 0 Å². The highest BCUT2D eigenvalue weighted by atomic mass is 35.5. The summed E-state index contributed by atoms with van der Waals surface area (Å²) in [5.74, 6) is 0.406. The van der Waals surface area contributed by atoms with Gasteiger partial charge in [-0.2, -0.15) is 0 Å². The lowest BCUT2D eigenvalue weighted by Crippen LogP contribution is -2.48. The van der Waals surface area contributed by atoms with Gasteiger partial charge in [-0.15, -0.1) is 11.6 Å².